The van der Waals surface area contributed by atoms with Crippen LogP contribution in [0.2, 0.25) is 5.02 Å². The highest BCUT2D eigenvalue weighted by Crippen LogP contribution is 2.24. The van der Waals surface area contributed by atoms with E-state index in [1.165, 1.54) is 17.5 Å². The van der Waals surface area contributed by atoms with Crippen LogP contribution in [-0.4, -0.2) is 20.1 Å². The van der Waals surface area contributed by atoms with E-state index in [0.717, 1.165) is 0 Å². The standard InChI is InChI=1S/C10H6ClN5OS/c11-5-1-2-6(13-3-5)8-15-9(17-16-8)7-4-18-10(12)14-7/h1-4H,(H2,12,14). The molecule has 0 aromatic carbocycles. The summed E-state index contributed by atoms with van der Waals surface area (Å²) in [7, 11) is 0. The molecule has 0 atom stereocenters. The van der Waals surface area contributed by atoms with Crippen molar-refractivity contribution >= 4 is 28.1 Å². The van der Waals surface area contributed by atoms with Crippen molar-refractivity contribution in [1.82, 2.24) is 20.1 Å². The average molecular weight is 280 g/mol. The van der Waals surface area contributed by atoms with E-state index < -0.39 is 0 Å². The highest BCUT2D eigenvalue weighted by atomic mass is 35.5. The van der Waals surface area contributed by atoms with Gasteiger partial charge in [0.2, 0.25) is 5.82 Å². The second kappa shape index (κ2) is 4.35. The first-order valence-corrected chi connectivity index (χ1v) is 6.15. The van der Waals surface area contributed by atoms with E-state index in [-0.39, 0.29) is 0 Å². The molecule has 0 unspecified atom stereocenters. The van der Waals surface area contributed by atoms with Crippen molar-refractivity contribution in [2.24, 2.45) is 0 Å². The first-order valence-electron chi connectivity index (χ1n) is 4.89. The van der Waals surface area contributed by atoms with Crippen LogP contribution < -0.4 is 5.73 Å². The van der Waals surface area contributed by atoms with Crippen molar-refractivity contribution in [2.45, 2.75) is 0 Å². The number of hydrogen-bond acceptors (Lipinski definition) is 7. The Hall–Kier alpha value is -1.99. The number of pyridine rings is 1. The number of thiazole rings is 1. The second-order valence-corrected chi connectivity index (χ2v) is 4.68. The van der Waals surface area contributed by atoms with Gasteiger partial charge in [0.25, 0.3) is 5.89 Å². The lowest BCUT2D eigenvalue weighted by Crippen LogP contribution is -1.85. The van der Waals surface area contributed by atoms with Crippen molar-refractivity contribution in [2.75, 3.05) is 5.73 Å². The molecule has 0 saturated heterocycles. The summed E-state index contributed by atoms with van der Waals surface area (Å²) in [6.45, 7) is 0. The van der Waals surface area contributed by atoms with Crippen LogP contribution in [0.3, 0.4) is 0 Å². The van der Waals surface area contributed by atoms with Crippen LogP contribution in [0.15, 0.2) is 28.2 Å². The van der Waals surface area contributed by atoms with Gasteiger partial charge in [-0.2, -0.15) is 4.98 Å². The van der Waals surface area contributed by atoms with Gasteiger partial charge >= 0.3 is 0 Å². The maximum atomic E-state index is 5.75. The lowest BCUT2D eigenvalue weighted by Gasteiger charge is -1.92. The van der Waals surface area contributed by atoms with Gasteiger partial charge in [-0.15, -0.1) is 11.3 Å². The minimum absolute atomic E-state index is 0.315. The van der Waals surface area contributed by atoms with E-state index in [0.29, 0.717) is 33.3 Å². The zero-order valence-corrected chi connectivity index (χ0v) is 10.4. The summed E-state index contributed by atoms with van der Waals surface area (Å²) in [5.74, 6) is 0.697. The van der Waals surface area contributed by atoms with Gasteiger partial charge in [-0.3, -0.25) is 4.98 Å². The molecule has 0 fully saturated rings. The smallest absolute Gasteiger partial charge is 0.277 e. The molecule has 2 N–H and O–H groups in total. The molecule has 0 amide bonds. The molecule has 3 rings (SSSR count). The Bertz CT molecular complexity index is 678. The van der Waals surface area contributed by atoms with Crippen molar-refractivity contribution in [3.05, 3.63) is 28.7 Å². The summed E-state index contributed by atoms with van der Waals surface area (Å²) in [6, 6.07) is 3.42. The number of rotatable bonds is 2. The maximum absolute atomic E-state index is 5.75. The van der Waals surface area contributed by atoms with E-state index in [1.54, 1.807) is 17.5 Å². The largest absolute Gasteiger partial charge is 0.375 e. The van der Waals surface area contributed by atoms with Crippen molar-refractivity contribution in [3.8, 4) is 23.1 Å². The van der Waals surface area contributed by atoms with Gasteiger partial charge in [0.1, 0.15) is 11.4 Å². The highest BCUT2D eigenvalue weighted by molar-refractivity contribution is 7.13. The summed E-state index contributed by atoms with van der Waals surface area (Å²) in [5.41, 5.74) is 6.68. The minimum Gasteiger partial charge on any atom is -0.375 e. The molecule has 18 heavy (non-hydrogen) atoms. The predicted octanol–water partition coefficient (Wildman–Crippen LogP) is 2.49. The molecule has 90 valence electrons. The Labute approximate surface area is 110 Å². The molecule has 0 aliphatic carbocycles. The second-order valence-electron chi connectivity index (χ2n) is 3.36. The molecular formula is C10H6ClN5OS. The Morgan fingerprint density at radius 1 is 1.22 bits per heavy atom. The molecule has 0 radical (unpaired) electrons. The Morgan fingerprint density at radius 3 is 2.78 bits per heavy atom. The van der Waals surface area contributed by atoms with Gasteiger partial charge in [0, 0.05) is 11.6 Å². The Balaban J connectivity index is 1.96. The van der Waals surface area contributed by atoms with Crippen molar-refractivity contribution in [3.63, 3.8) is 0 Å². The summed E-state index contributed by atoms with van der Waals surface area (Å²) in [4.78, 5) is 12.4. The SMILES string of the molecule is Nc1nc(-c2nc(-c3ccc(Cl)cn3)no2)cs1. The topological polar surface area (TPSA) is 90.7 Å². The Kier molecular flexibility index (Phi) is 2.69. The van der Waals surface area contributed by atoms with Crippen molar-refractivity contribution in [1.29, 1.82) is 0 Å². The molecule has 0 spiro atoms. The molecule has 6 nitrogen and oxygen atoms in total. The monoisotopic (exact) mass is 279 g/mol. The van der Waals surface area contributed by atoms with Crippen LogP contribution in [0.4, 0.5) is 5.13 Å². The number of nitrogens with zero attached hydrogens (tertiary/aromatic N) is 4. The fourth-order valence-electron chi connectivity index (χ4n) is 1.33. The predicted molar refractivity (Wildman–Crippen MR) is 68.1 cm³/mol. The first kappa shape index (κ1) is 11.1. The van der Waals surface area contributed by atoms with E-state index >= 15 is 0 Å². The van der Waals surface area contributed by atoms with Gasteiger partial charge in [-0.05, 0) is 12.1 Å². The third-order valence-corrected chi connectivity index (χ3v) is 3.02. The van der Waals surface area contributed by atoms with E-state index in [9.17, 15) is 0 Å². The summed E-state index contributed by atoms with van der Waals surface area (Å²) >= 11 is 7.07. The lowest BCUT2D eigenvalue weighted by atomic mass is 10.3. The quantitative estimate of drug-likeness (QED) is 0.775. The summed E-state index contributed by atoms with van der Waals surface area (Å²) < 4.78 is 5.10. The molecule has 0 bridgehead atoms. The zero-order valence-electron chi connectivity index (χ0n) is 8.87. The van der Waals surface area contributed by atoms with Gasteiger partial charge < -0.3 is 10.3 Å². The third kappa shape index (κ3) is 2.05. The number of hydrogen-bond donors (Lipinski definition) is 1. The average Bonchev–Trinajstić information content (AvgIpc) is 2.98. The fourth-order valence-corrected chi connectivity index (χ4v) is 1.97. The highest BCUT2D eigenvalue weighted by Gasteiger charge is 2.13. The van der Waals surface area contributed by atoms with Crippen LogP contribution >= 0.6 is 22.9 Å². The molecule has 0 aliphatic rings. The molecule has 3 aromatic rings. The summed E-state index contributed by atoms with van der Waals surface area (Å²) in [6.07, 6.45) is 1.52. The van der Waals surface area contributed by atoms with Gasteiger partial charge in [-0.25, -0.2) is 4.98 Å². The van der Waals surface area contributed by atoms with E-state index in [4.69, 9.17) is 21.9 Å². The number of anilines is 1. The molecule has 3 aromatic heterocycles. The third-order valence-electron chi connectivity index (χ3n) is 2.12. The first-order chi connectivity index (χ1) is 8.72. The lowest BCUT2D eigenvalue weighted by molar-refractivity contribution is 0.431. The van der Waals surface area contributed by atoms with E-state index in [2.05, 4.69) is 20.1 Å². The molecule has 0 aliphatic heterocycles. The van der Waals surface area contributed by atoms with Crippen LogP contribution in [0.25, 0.3) is 23.1 Å². The van der Waals surface area contributed by atoms with Gasteiger partial charge in [0.05, 0.1) is 5.02 Å². The number of halogens is 1. The molecule has 8 heteroatoms. The normalized spacial score (nSPS) is 10.7. The van der Waals surface area contributed by atoms with Crippen LogP contribution in [0.5, 0.6) is 0 Å². The Morgan fingerprint density at radius 2 is 2.11 bits per heavy atom. The minimum atomic E-state index is 0.315. The van der Waals surface area contributed by atoms with Crippen LogP contribution in [0, 0.1) is 0 Å². The van der Waals surface area contributed by atoms with Crippen LogP contribution in [-0.2, 0) is 0 Å². The summed E-state index contributed by atoms with van der Waals surface area (Å²) in [5, 5.41) is 6.59. The van der Waals surface area contributed by atoms with E-state index in [1.807, 2.05) is 0 Å². The molecule has 0 saturated carbocycles. The maximum Gasteiger partial charge on any atom is 0.277 e. The van der Waals surface area contributed by atoms with Crippen LogP contribution in [0.1, 0.15) is 0 Å². The van der Waals surface area contributed by atoms with Gasteiger partial charge in [-0.1, -0.05) is 16.8 Å². The molecule has 3 heterocycles. The number of nitrogens with two attached hydrogens (primary N) is 1. The van der Waals surface area contributed by atoms with Gasteiger partial charge in [0.15, 0.2) is 5.13 Å². The number of nitrogen functional groups attached to an aromatic ring is 1. The fraction of sp³-hybridized carbons (Fsp3) is 0. The zero-order chi connectivity index (χ0) is 12.5. The molecular weight excluding hydrogens is 274 g/mol. The number of aromatic nitrogens is 4. The van der Waals surface area contributed by atoms with Crippen molar-refractivity contribution < 1.29 is 4.52 Å².